The summed E-state index contributed by atoms with van der Waals surface area (Å²) < 4.78 is 22.1. The number of pyridine rings is 6. The number of aryl methyl sites for hydroxylation is 4. The number of piperidine rings is 2. The van der Waals surface area contributed by atoms with Crippen LogP contribution in [0.1, 0.15) is 152 Å². The van der Waals surface area contributed by atoms with Gasteiger partial charge in [0.05, 0.1) is 73.3 Å². The molecule has 488 valence electrons. The second-order valence-electron chi connectivity index (χ2n) is 27.9. The molecule has 4 saturated heterocycles. The van der Waals surface area contributed by atoms with Crippen LogP contribution in [0.25, 0.3) is 21.8 Å². The minimum absolute atomic E-state index is 0.0682. The molecule has 2 aromatic carbocycles. The molecule has 93 heavy (non-hydrogen) atoms. The van der Waals surface area contributed by atoms with E-state index in [4.69, 9.17) is 14.2 Å². The summed E-state index contributed by atoms with van der Waals surface area (Å²) in [7, 11) is 0. The van der Waals surface area contributed by atoms with Gasteiger partial charge in [-0.05, 0) is 195 Å². The maximum absolute atomic E-state index is 14.4. The predicted molar refractivity (Wildman–Crippen MR) is 366 cm³/mol. The fraction of sp³-hybridized carbons (Fsp3) is 0.480. The molecule has 4 atom stereocenters. The molecule has 18 nitrogen and oxygen atoms in total. The smallest absolute Gasteiger partial charge is 0.410 e. The Labute approximate surface area is 546 Å². The van der Waals surface area contributed by atoms with Crippen LogP contribution in [0.4, 0.5) is 16.2 Å². The number of carbonyl (C=O) groups excluding carboxylic acids is 1. The zero-order chi connectivity index (χ0) is 64.3. The number of aromatic nitrogens is 6. The van der Waals surface area contributed by atoms with Crippen LogP contribution >= 0.6 is 0 Å². The number of nitrogens with one attached hydrogen (secondary N) is 1. The molecule has 0 bridgehead atoms. The highest BCUT2D eigenvalue weighted by Gasteiger charge is 2.35. The largest absolute Gasteiger partial charge is 0.444 e. The Morgan fingerprint density at radius 1 is 0.581 bits per heavy atom. The number of benzene rings is 2. The first-order chi connectivity index (χ1) is 45.0. The summed E-state index contributed by atoms with van der Waals surface area (Å²) in [5, 5.41) is 5.10. The van der Waals surface area contributed by atoms with Gasteiger partial charge in [-0.2, -0.15) is 0 Å². The second-order valence-corrected chi connectivity index (χ2v) is 27.9. The Kier molecular flexibility index (Phi) is 19.2. The van der Waals surface area contributed by atoms with E-state index in [1.54, 1.807) is 4.90 Å². The van der Waals surface area contributed by atoms with E-state index in [2.05, 4.69) is 139 Å². The molecule has 1 amide bonds. The van der Waals surface area contributed by atoms with Crippen molar-refractivity contribution in [3.8, 4) is 0 Å². The van der Waals surface area contributed by atoms with Gasteiger partial charge in [0, 0.05) is 159 Å². The number of fused-ring (bicyclic) bond motifs is 2. The average molecular weight is 1260 g/mol. The Bertz CT molecular complexity index is 4060. The van der Waals surface area contributed by atoms with Crippen LogP contribution < -0.4 is 26.0 Å². The molecule has 2 saturated carbocycles. The molecule has 14 rings (SSSR count). The van der Waals surface area contributed by atoms with E-state index in [1.165, 1.54) is 22.4 Å². The van der Waals surface area contributed by atoms with Crippen molar-refractivity contribution >= 4 is 39.3 Å². The summed E-state index contributed by atoms with van der Waals surface area (Å²) in [5.74, 6) is 0. The van der Waals surface area contributed by atoms with Crippen molar-refractivity contribution in [1.82, 2.24) is 49.1 Å². The normalized spacial score (nSPS) is 20.5. The lowest BCUT2D eigenvalue weighted by Gasteiger charge is -2.40. The van der Waals surface area contributed by atoms with Gasteiger partial charge in [-0.1, -0.05) is 12.1 Å². The molecule has 2 unspecified atom stereocenters. The first kappa shape index (κ1) is 63.9. The number of ether oxygens (including phenoxy) is 3. The summed E-state index contributed by atoms with van der Waals surface area (Å²) in [6.45, 7) is 23.8. The lowest BCUT2D eigenvalue weighted by atomic mass is 10.00. The van der Waals surface area contributed by atoms with E-state index in [0.717, 1.165) is 171 Å². The fourth-order valence-electron chi connectivity index (χ4n) is 14.2. The third kappa shape index (κ3) is 15.4. The topological polar surface area (TPSA) is 169 Å². The second kappa shape index (κ2) is 28.0. The van der Waals surface area contributed by atoms with E-state index in [0.29, 0.717) is 57.6 Å². The Balaban J connectivity index is 0.000000171. The monoisotopic (exact) mass is 1260 g/mol. The SMILES string of the molecule is Cc1ccc(N2CCC[C@H](N(Cc3ccnc(C)c3)Cc3cn(C4CC4)c4cc(C5COCCN5)ccc4c3=O)C2)cn1.Cc1ccc(N2CCC[C@H](N(Cc3ccnc(C)c3)Cc3cn(C4CC4)c4cc(C5COCCN5C(=O)OC(C)(C)C)ccc4c3=O)C2)cn1. The molecule has 0 radical (unpaired) electrons. The van der Waals surface area contributed by atoms with Crippen LogP contribution in [-0.2, 0) is 40.4 Å². The number of morpholine rings is 2. The maximum atomic E-state index is 14.4. The zero-order valence-electron chi connectivity index (χ0n) is 55.4. The number of carbonyl (C=O) groups is 1. The van der Waals surface area contributed by atoms with Crippen molar-refractivity contribution in [2.45, 2.75) is 168 Å². The van der Waals surface area contributed by atoms with Crippen molar-refractivity contribution < 1.29 is 19.0 Å². The number of amides is 1. The van der Waals surface area contributed by atoms with E-state index in [1.807, 2.05) is 85.4 Å². The van der Waals surface area contributed by atoms with Crippen LogP contribution in [0, 0.1) is 27.7 Å². The molecule has 4 aliphatic heterocycles. The number of anilines is 2. The number of nitrogens with zero attached hydrogens (tertiary/aromatic N) is 11. The van der Waals surface area contributed by atoms with Crippen LogP contribution in [-0.4, -0.2) is 133 Å². The molecule has 0 spiro atoms. The summed E-state index contributed by atoms with van der Waals surface area (Å²) in [5.41, 5.74) is 14.2. The average Bonchev–Trinajstić information content (AvgIpc) is 1.70. The lowest BCUT2D eigenvalue weighted by molar-refractivity contribution is -0.0330. The Morgan fingerprint density at radius 2 is 1.10 bits per heavy atom. The zero-order valence-corrected chi connectivity index (χ0v) is 55.4. The number of rotatable bonds is 16. The molecule has 10 heterocycles. The highest BCUT2D eigenvalue weighted by Crippen LogP contribution is 2.40. The van der Waals surface area contributed by atoms with Gasteiger partial charge < -0.3 is 38.5 Å². The molecule has 1 N–H and O–H groups in total. The van der Waals surface area contributed by atoms with Crippen LogP contribution in [0.5, 0.6) is 0 Å². The van der Waals surface area contributed by atoms with Gasteiger partial charge in [-0.25, -0.2) is 4.79 Å². The third-order valence-electron chi connectivity index (χ3n) is 19.4. The molecule has 18 heteroatoms. The Morgan fingerprint density at radius 3 is 1.57 bits per heavy atom. The molecule has 2 aliphatic carbocycles. The van der Waals surface area contributed by atoms with Crippen LogP contribution in [0.3, 0.4) is 0 Å². The third-order valence-corrected chi connectivity index (χ3v) is 19.4. The summed E-state index contributed by atoms with van der Waals surface area (Å²) >= 11 is 0. The molecular weight excluding hydrogens is 1160 g/mol. The molecule has 6 aliphatic rings. The molecule has 8 aromatic rings. The van der Waals surface area contributed by atoms with E-state index >= 15 is 0 Å². The van der Waals surface area contributed by atoms with Gasteiger partial charge in [0.15, 0.2) is 10.9 Å². The number of hydrogen-bond donors (Lipinski definition) is 1. The van der Waals surface area contributed by atoms with Crippen LogP contribution in [0.15, 0.2) is 132 Å². The van der Waals surface area contributed by atoms with E-state index in [-0.39, 0.29) is 35.1 Å². The minimum atomic E-state index is -0.593. The van der Waals surface area contributed by atoms with E-state index < -0.39 is 5.60 Å². The summed E-state index contributed by atoms with van der Waals surface area (Å²) in [6.07, 6.45) is 20.5. The fourth-order valence-corrected chi connectivity index (χ4v) is 14.2. The van der Waals surface area contributed by atoms with Gasteiger partial charge in [0.25, 0.3) is 0 Å². The molecule has 6 fully saturated rings. The standard InChI is InChI=1S/C40H50N6O4.C35H42N6O2/c1-27-8-10-33(21-42-27)43-16-6-7-34(25-43)44(22-29-14-15-41-28(2)19-29)23-31-24-46(32-11-12-32)36-20-30(9-13-35(36)38(31)47)37-26-49-18-17-45(37)39(48)50-40(3,4)5;1-24-5-7-30(18-38-24)39-14-3-4-31(22-39)40(19-26-11-12-36-25(2)16-26)20-28-21-41(29-8-9-29)34-17-27(6-10-32(34)35(28)42)33-23-43-15-13-37-33/h8-10,13-15,19-21,24,32,34,37H,6-7,11-12,16-18,22-23,25-26H2,1-5H3;5-7,10-12,16-18,21,29,31,33,37H,3-4,8-9,13-15,19-20,22-23H2,1-2H3/t34-,37?;31-,33?/m00/s1. The van der Waals surface area contributed by atoms with Crippen molar-refractivity contribution in [3.05, 3.63) is 199 Å². The van der Waals surface area contributed by atoms with Gasteiger partial charge in [0.1, 0.15) is 5.60 Å². The van der Waals surface area contributed by atoms with Gasteiger partial charge in [-0.15, -0.1) is 0 Å². The van der Waals surface area contributed by atoms with Crippen molar-refractivity contribution in [2.75, 3.05) is 75.5 Å². The van der Waals surface area contributed by atoms with E-state index in [9.17, 15) is 14.4 Å². The lowest BCUT2D eigenvalue weighted by Crippen LogP contribution is -2.48. The van der Waals surface area contributed by atoms with Crippen molar-refractivity contribution in [2.24, 2.45) is 0 Å². The maximum Gasteiger partial charge on any atom is 0.410 e. The minimum Gasteiger partial charge on any atom is -0.444 e. The van der Waals surface area contributed by atoms with Gasteiger partial charge in [-0.3, -0.25) is 44.2 Å². The quantitative estimate of drug-likeness (QED) is 0.0969. The highest BCUT2D eigenvalue weighted by atomic mass is 16.6. The molecular formula is C75H92N12O6. The van der Waals surface area contributed by atoms with Gasteiger partial charge >= 0.3 is 6.09 Å². The summed E-state index contributed by atoms with van der Waals surface area (Å²) in [4.78, 5) is 71.4. The highest BCUT2D eigenvalue weighted by molar-refractivity contribution is 5.82. The Hall–Kier alpha value is -7.87. The van der Waals surface area contributed by atoms with Crippen molar-refractivity contribution in [1.29, 1.82) is 0 Å². The first-order valence-corrected chi connectivity index (χ1v) is 33.9. The first-order valence-electron chi connectivity index (χ1n) is 33.9. The predicted octanol–water partition coefficient (Wildman–Crippen LogP) is 11.8. The van der Waals surface area contributed by atoms with Crippen molar-refractivity contribution in [3.63, 3.8) is 0 Å². The van der Waals surface area contributed by atoms with Gasteiger partial charge in [0.2, 0.25) is 0 Å². The number of hydrogen-bond acceptors (Lipinski definition) is 15. The molecule has 6 aromatic heterocycles. The summed E-state index contributed by atoms with van der Waals surface area (Å²) in [6, 6.07) is 30.7. The van der Waals surface area contributed by atoms with Crippen LogP contribution in [0.2, 0.25) is 0 Å².